The molecule has 0 aliphatic carbocycles. The Bertz CT molecular complexity index is 784. The van der Waals surface area contributed by atoms with Gasteiger partial charge in [0.05, 0.1) is 11.7 Å². The van der Waals surface area contributed by atoms with Crippen molar-refractivity contribution in [3.8, 4) is 0 Å². The third kappa shape index (κ3) is 3.42. The number of urea groups is 1. The Balaban J connectivity index is 1.96. The highest BCUT2D eigenvalue weighted by Crippen LogP contribution is 2.34. The molecule has 5 heteroatoms. The van der Waals surface area contributed by atoms with Gasteiger partial charge in [-0.05, 0) is 19.1 Å². The smallest absolute Gasteiger partial charge is 0.427 e. The molecule has 1 atom stereocenters. The Labute approximate surface area is 146 Å². The number of para-hydroxylation sites is 2. The molecule has 0 aliphatic heterocycles. The number of amides is 2. The molecule has 0 saturated heterocycles. The summed E-state index contributed by atoms with van der Waals surface area (Å²) in [4.78, 5) is 17.2. The van der Waals surface area contributed by atoms with Crippen LogP contribution < -0.4 is 9.96 Å². The molecule has 0 spiro atoms. The van der Waals surface area contributed by atoms with Gasteiger partial charge in [-0.25, -0.2) is 9.44 Å². The second-order valence-corrected chi connectivity index (χ2v) is 5.71. The molecule has 3 rings (SSSR count). The SMILES string of the molecule is CC(NC(=O)[N+]([O-])(c1ccccc1)c1ccccc1)c1ccccn1. The van der Waals surface area contributed by atoms with Crippen molar-refractivity contribution < 1.29 is 4.79 Å². The molecule has 0 bridgehead atoms. The van der Waals surface area contributed by atoms with Crippen LogP contribution in [0.15, 0.2) is 85.1 Å². The number of rotatable bonds is 4. The lowest BCUT2D eigenvalue weighted by Crippen LogP contribution is -2.51. The van der Waals surface area contributed by atoms with E-state index in [9.17, 15) is 10.0 Å². The van der Waals surface area contributed by atoms with Crippen LogP contribution >= 0.6 is 0 Å². The van der Waals surface area contributed by atoms with E-state index >= 15 is 0 Å². The Morgan fingerprint density at radius 3 is 1.92 bits per heavy atom. The van der Waals surface area contributed by atoms with Crippen molar-refractivity contribution in [2.75, 3.05) is 0 Å². The van der Waals surface area contributed by atoms with Crippen molar-refractivity contribution in [2.24, 2.45) is 0 Å². The quantitative estimate of drug-likeness (QED) is 0.556. The Morgan fingerprint density at radius 1 is 0.920 bits per heavy atom. The van der Waals surface area contributed by atoms with Gasteiger partial charge in [-0.3, -0.25) is 10.3 Å². The number of carbonyl (C=O) groups is 1. The lowest BCUT2D eigenvalue weighted by Gasteiger charge is -2.38. The summed E-state index contributed by atoms with van der Waals surface area (Å²) in [6.07, 6.45) is 1.66. The van der Waals surface area contributed by atoms with Crippen molar-refractivity contribution in [1.29, 1.82) is 0 Å². The topological polar surface area (TPSA) is 65.0 Å². The van der Waals surface area contributed by atoms with Crippen LogP contribution in [0, 0.1) is 5.21 Å². The lowest BCUT2D eigenvalue weighted by atomic mass is 10.2. The third-order valence-corrected chi connectivity index (χ3v) is 4.00. The van der Waals surface area contributed by atoms with Crippen LogP contribution in [0.5, 0.6) is 0 Å². The van der Waals surface area contributed by atoms with E-state index in [0.717, 1.165) is 0 Å². The van der Waals surface area contributed by atoms with Crippen molar-refractivity contribution in [3.05, 3.63) is 96.0 Å². The predicted octanol–water partition coefficient (Wildman–Crippen LogP) is 4.69. The van der Waals surface area contributed by atoms with E-state index < -0.39 is 10.7 Å². The molecule has 1 N–H and O–H groups in total. The van der Waals surface area contributed by atoms with Gasteiger partial charge in [-0.15, -0.1) is 0 Å². The molecule has 1 heterocycles. The van der Waals surface area contributed by atoms with Crippen molar-refractivity contribution >= 4 is 17.4 Å². The Kier molecular flexibility index (Phi) is 4.88. The maximum atomic E-state index is 13.7. The third-order valence-electron chi connectivity index (χ3n) is 4.00. The fourth-order valence-electron chi connectivity index (χ4n) is 2.64. The van der Waals surface area contributed by atoms with E-state index in [2.05, 4.69) is 10.3 Å². The summed E-state index contributed by atoms with van der Waals surface area (Å²) in [5.74, 6) is 0. The highest BCUT2D eigenvalue weighted by atomic mass is 16.6. The Morgan fingerprint density at radius 2 is 1.44 bits per heavy atom. The van der Waals surface area contributed by atoms with Crippen LogP contribution in [0.1, 0.15) is 18.7 Å². The number of hydrogen-bond acceptors (Lipinski definition) is 3. The zero-order chi connectivity index (χ0) is 17.7. The molecule has 0 fully saturated rings. The second-order valence-electron chi connectivity index (χ2n) is 5.71. The van der Waals surface area contributed by atoms with E-state index in [1.54, 1.807) is 67.7 Å². The zero-order valence-corrected chi connectivity index (χ0v) is 13.9. The summed E-state index contributed by atoms with van der Waals surface area (Å²) in [5, 5.41) is 16.5. The number of quaternary nitrogens is 1. The average Bonchev–Trinajstić information content (AvgIpc) is 2.69. The summed E-state index contributed by atoms with van der Waals surface area (Å²) < 4.78 is -1.21. The molecule has 0 saturated carbocycles. The first-order valence-electron chi connectivity index (χ1n) is 8.05. The summed E-state index contributed by atoms with van der Waals surface area (Å²) in [5.41, 5.74) is 1.39. The molecule has 0 radical (unpaired) electrons. The first-order valence-corrected chi connectivity index (χ1v) is 8.05. The van der Waals surface area contributed by atoms with Gasteiger partial charge < -0.3 is 5.21 Å². The van der Waals surface area contributed by atoms with Gasteiger partial charge in [-0.1, -0.05) is 42.5 Å². The van der Waals surface area contributed by atoms with Gasteiger partial charge in [0.1, 0.15) is 11.4 Å². The second kappa shape index (κ2) is 7.25. The molecular weight excluding hydrogens is 314 g/mol. The number of pyridine rings is 1. The highest BCUT2D eigenvalue weighted by molar-refractivity contribution is 5.94. The van der Waals surface area contributed by atoms with E-state index in [4.69, 9.17) is 0 Å². The highest BCUT2D eigenvalue weighted by Gasteiger charge is 2.34. The van der Waals surface area contributed by atoms with Crippen LogP contribution in [0.4, 0.5) is 16.2 Å². The predicted molar refractivity (Wildman–Crippen MR) is 98.9 cm³/mol. The van der Waals surface area contributed by atoms with Crippen LogP contribution in [-0.2, 0) is 0 Å². The fourth-order valence-corrected chi connectivity index (χ4v) is 2.64. The van der Waals surface area contributed by atoms with Crippen molar-refractivity contribution in [3.63, 3.8) is 0 Å². The van der Waals surface area contributed by atoms with Crippen LogP contribution in [-0.4, -0.2) is 11.0 Å². The van der Waals surface area contributed by atoms with Gasteiger partial charge in [0.2, 0.25) is 0 Å². The molecule has 1 unspecified atom stereocenters. The lowest BCUT2D eigenvalue weighted by molar-refractivity contribution is 0.224. The van der Waals surface area contributed by atoms with E-state index in [0.29, 0.717) is 17.1 Å². The summed E-state index contributed by atoms with van der Waals surface area (Å²) in [6, 6.07) is 21.7. The number of nitrogens with zero attached hydrogens (tertiary/aromatic N) is 2. The molecule has 3 aromatic rings. The number of hydrogen-bond donors (Lipinski definition) is 1. The summed E-state index contributed by atoms with van der Waals surface area (Å²) in [6.45, 7) is 1.81. The largest absolute Gasteiger partial charge is 0.613 e. The molecule has 126 valence electrons. The maximum absolute atomic E-state index is 13.7. The van der Waals surface area contributed by atoms with Crippen LogP contribution in [0.3, 0.4) is 0 Å². The average molecular weight is 333 g/mol. The van der Waals surface area contributed by atoms with Gasteiger partial charge in [0.15, 0.2) is 0 Å². The molecular formula is C20H19N3O2. The van der Waals surface area contributed by atoms with Crippen LogP contribution in [0.2, 0.25) is 0 Å². The minimum Gasteiger partial charge on any atom is -0.613 e. The number of aromatic nitrogens is 1. The van der Waals surface area contributed by atoms with Gasteiger partial charge in [-0.2, -0.15) is 0 Å². The molecule has 2 aromatic carbocycles. The molecule has 0 aliphatic rings. The van der Waals surface area contributed by atoms with Crippen molar-refractivity contribution in [1.82, 2.24) is 14.9 Å². The van der Waals surface area contributed by atoms with Crippen molar-refractivity contribution in [2.45, 2.75) is 13.0 Å². The van der Waals surface area contributed by atoms with E-state index in [1.165, 1.54) is 0 Å². The molecule has 25 heavy (non-hydrogen) atoms. The monoisotopic (exact) mass is 333 g/mol. The van der Waals surface area contributed by atoms with Crippen LogP contribution in [0.25, 0.3) is 0 Å². The fraction of sp³-hybridized carbons (Fsp3) is 0.100. The Hall–Kier alpha value is -3.02. The van der Waals surface area contributed by atoms with Gasteiger partial charge in [0, 0.05) is 30.5 Å². The van der Waals surface area contributed by atoms with E-state index in [-0.39, 0.29) is 6.04 Å². The number of nitrogens with one attached hydrogen (secondary N) is 1. The number of hydroxylamine groups is 1. The van der Waals surface area contributed by atoms with E-state index in [1.807, 2.05) is 24.3 Å². The molecule has 5 nitrogen and oxygen atoms in total. The first-order chi connectivity index (χ1) is 12.1. The first kappa shape index (κ1) is 16.8. The standard InChI is InChI=1S/C20H19N3O2/c1-16(19-14-8-9-15-21-19)22-20(24)23(25,17-10-4-2-5-11-17)18-12-6-3-7-13-18/h2-16H,1H3,(H,22,24). The van der Waals surface area contributed by atoms with Gasteiger partial charge >= 0.3 is 6.03 Å². The number of benzene rings is 2. The van der Waals surface area contributed by atoms with Gasteiger partial charge in [0.25, 0.3) is 0 Å². The summed E-state index contributed by atoms with van der Waals surface area (Å²) >= 11 is 0. The molecule has 2 amide bonds. The normalized spacial score (nSPS) is 12.4. The summed E-state index contributed by atoms with van der Waals surface area (Å²) in [7, 11) is 0. The molecule has 1 aromatic heterocycles. The zero-order valence-electron chi connectivity index (χ0n) is 13.9. The minimum atomic E-state index is -1.21. The maximum Gasteiger partial charge on any atom is 0.427 e. The number of carbonyl (C=O) groups excluding carboxylic acids is 1. The minimum absolute atomic E-state index is 0.347.